The van der Waals surface area contributed by atoms with Gasteiger partial charge in [0.1, 0.15) is 11.3 Å². The Morgan fingerprint density at radius 2 is 2.44 bits per heavy atom. The van der Waals surface area contributed by atoms with E-state index < -0.39 is 5.54 Å². The van der Waals surface area contributed by atoms with Crippen LogP contribution in [0.25, 0.3) is 0 Å². The van der Waals surface area contributed by atoms with Crippen LogP contribution >= 0.6 is 15.9 Å². The molecule has 2 atom stereocenters. The average Bonchev–Trinajstić information content (AvgIpc) is 2.84. The van der Waals surface area contributed by atoms with Crippen LogP contribution in [0.5, 0.6) is 0 Å². The average molecular weight is 288 g/mol. The number of hydrogen-bond donors (Lipinski definition) is 1. The smallest absolute Gasteiger partial charge is 0.325 e. The number of carbonyl (C=O) groups is 1. The fourth-order valence-electron chi connectivity index (χ4n) is 2.12. The van der Waals surface area contributed by atoms with E-state index in [1.54, 1.807) is 0 Å². The lowest BCUT2D eigenvalue weighted by Gasteiger charge is -2.20. The summed E-state index contributed by atoms with van der Waals surface area (Å²) in [5, 5.41) is 3.19. The standard InChI is InChI=1S/C11H14BrNO3/c1-11(10(14)15-2)5-7(6-13-11)8-3-4-9(12)16-8/h3-4,7,13H,5-6H2,1-2H3. The first-order chi connectivity index (χ1) is 7.55. The highest BCUT2D eigenvalue weighted by molar-refractivity contribution is 9.10. The molecule has 88 valence electrons. The lowest BCUT2D eigenvalue weighted by molar-refractivity contribution is -0.147. The van der Waals surface area contributed by atoms with Crippen molar-refractivity contribution in [3.05, 3.63) is 22.6 Å². The van der Waals surface area contributed by atoms with Crippen LogP contribution in [-0.2, 0) is 9.53 Å². The van der Waals surface area contributed by atoms with E-state index in [9.17, 15) is 4.79 Å². The Balaban J connectivity index is 2.11. The third kappa shape index (κ3) is 2.01. The monoisotopic (exact) mass is 287 g/mol. The third-order valence-corrected chi connectivity index (χ3v) is 3.45. The van der Waals surface area contributed by atoms with Gasteiger partial charge >= 0.3 is 5.97 Å². The number of ether oxygens (including phenoxy) is 1. The van der Waals surface area contributed by atoms with E-state index >= 15 is 0 Å². The first-order valence-electron chi connectivity index (χ1n) is 5.14. The molecule has 4 nitrogen and oxygen atoms in total. The summed E-state index contributed by atoms with van der Waals surface area (Å²) in [7, 11) is 1.41. The molecule has 0 aromatic carbocycles. The number of hydrogen-bond acceptors (Lipinski definition) is 4. The summed E-state index contributed by atoms with van der Waals surface area (Å²) < 4.78 is 11.0. The van der Waals surface area contributed by atoms with Crippen LogP contribution in [0.15, 0.2) is 21.2 Å². The summed E-state index contributed by atoms with van der Waals surface area (Å²) in [6.45, 7) is 2.59. The van der Waals surface area contributed by atoms with Crippen LogP contribution in [0, 0.1) is 0 Å². The molecule has 0 saturated carbocycles. The van der Waals surface area contributed by atoms with Gasteiger partial charge in [0.05, 0.1) is 7.11 Å². The van der Waals surface area contributed by atoms with Crippen LogP contribution in [-0.4, -0.2) is 25.2 Å². The van der Waals surface area contributed by atoms with Gasteiger partial charge in [0.25, 0.3) is 0 Å². The Kier molecular flexibility index (Phi) is 3.08. The van der Waals surface area contributed by atoms with Gasteiger partial charge in [-0.25, -0.2) is 0 Å². The highest BCUT2D eigenvalue weighted by Gasteiger charge is 2.43. The summed E-state index contributed by atoms with van der Waals surface area (Å²) in [5.74, 6) is 0.892. The molecule has 0 amide bonds. The Morgan fingerprint density at radius 3 is 3.00 bits per heavy atom. The van der Waals surface area contributed by atoms with Crippen molar-refractivity contribution in [3.63, 3.8) is 0 Å². The van der Waals surface area contributed by atoms with Crippen LogP contribution < -0.4 is 5.32 Å². The third-order valence-electron chi connectivity index (χ3n) is 3.03. The zero-order chi connectivity index (χ0) is 11.8. The second kappa shape index (κ2) is 4.22. The van der Waals surface area contributed by atoms with Gasteiger partial charge in [-0.15, -0.1) is 0 Å². The van der Waals surface area contributed by atoms with Crippen molar-refractivity contribution in [3.8, 4) is 0 Å². The van der Waals surface area contributed by atoms with Crippen molar-refractivity contribution < 1.29 is 13.9 Å². The maximum Gasteiger partial charge on any atom is 0.325 e. The topological polar surface area (TPSA) is 51.5 Å². The lowest BCUT2D eigenvalue weighted by Crippen LogP contribution is -2.45. The molecule has 2 heterocycles. The SMILES string of the molecule is COC(=O)C1(C)CC(c2ccc(Br)o2)CN1. The van der Waals surface area contributed by atoms with E-state index in [0.29, 0.717) is 11.1 Å². The van der Waals surface area contributed by atoms with E-state index in [2.05, 4.69) is 21.2 Å². The van der Waals surface area contributed by atoms with E-state index in [1.807, 2.05) is 19.1 Å². The van der Waals surface area contributed by atoms with Crippen molar-refractivity contribution in [1.29, 1.82) is 0 Å². The van der Waals surface area contributed by atoms with Gasteiger partial charge in [-0.3, -0.25) is 4.79 Å². The zero-order valence-corrected chi connectivity index (χ0v) is 10.8. The molecule has 0 spiro atoms. The van der Waals surface area contributed by atoms with Gasteiger partial charge in [-0.1, -0.05) is 0 Å². The number of carbonyl (C=O) groups excluding carboxylic acids is 1. The molecular formula is C11H14BrNO3. The Hall–Kier alpha value is -0.810. The number of furan rings is 1. The number of nitrogens with one attached hydrogen (secondary N) is 1. The van der Waals surface area contributed by atoms with Gasteiger partial charge in [0.15, 0.2) is 4.67 Å². The number of esters is 1. The summed E-state index contributed by atoms with van der Waals surface area (Å²) in [4.78, 5) is 11.6. The summed E-state index contributed by atoms with van der Waals surface area (Å²) >= 11 is 3.27. The lowest BCUT2D eigenvalue weighted by atomic mass is 9.93. The molecule has 2 rings (SSSR count). The maximum absolute atomic E-state index is 11.6. The Bertz CT molecular complexity index is 404. The molecule has 1 aromatic rings. The molecular weight excluding hydrogens is 274 g/mol. The second-order valence-electron chi connectivity index (χ2n) is 4.25. The van der Waals surface area contributed by atoms with Crippen LogP contribution in [0.2, 0.25) is 0 Å². The normalized spacial score (nSPS) is 29.3. The maximum atomic E-state index is 11.6. The van der Waals surface area contributed by atoms with Crippen LogP contribution in [0.1, 0.15) is 25.0 Å². The van der Waals surface area contributed by atoms with Crippen LogP contribution in [0.3, 0.4) is 0 Å². The fourth-order valence-corrected chi connectivity index (χ4v) is 2.43. The molecule has 1 aliphatic heterocycles. The van der Waals surface area contributed by atoms with Gasteiger partial charge in [0, 0.05) is 12.5 Å². The number of methoxy groups -OCH3 is 1. The summed E-state index contributed by atoms with van der Waals surface area (Å²) in [6.07, 6.45) is 0.694. The van der Waals surface area contributed by atoms with E-state index in [1.165, 1.54) is 7.11 Å². The highest BCUT2D eigenvalue weighted by Crippen LogP contribution is 2.34. The minimum Gasteiger partial charge on any atom is -0.468 e. The van der Waals surface area contributed by atoms with Crippen molar-refractivity contribution in [2.75, 3.05) is 13.7 Å². The minimum atomic E-state index is -0.599. The molecule has 0 aliphatic carbocycles. The summed E-state index contributed by atoms with van der Waals surface area (Å²) in [6, 6.07) is 3.79. The minimum absolute atomic E-state index is 0.218. The first kappa shape index (κ1) is 11.7. The van der Waals surface area contributed by atoms with Crippen LogP contribution in [0.4, 0.5) is 0 Å². The Morgan fingerprint density at radius 1 is 1.69 bits per heavy atom. The molecule has 1 N–H and O–H groups in total. The predicted molar refractivity (Wildman–Crippen MR) is 62.2 cm³/mol. The number of halogens is 1. The van der Waals surface area contributed by atoms with E-state index in [0.717, 1.165) is 12.3 Å². The molecule has 1 aliphatic rings. The largest absolute Gasteiger partial charge is 0.468 e. The molecule has 1 fully saturated rings. The second-order valence-corrected chi connectivity index (χ2v) is 5.03. The predicted octanol–water partition coefficient (Wildman–Crippen LogP) is 2.05. The summed E-state index contributed by atoms with van der Waals surface area (Å²) in [5.41, 5.74) is -0.599. The van der Waals surface area contributed by atoms with Gasteiger partial charge in [-0.2, -0.15) is 0 Å². The fraction of sp³-hybridized carbons (Fsp3) is 0.545. The van der Waals surface area contributed by atoms with Gasteiger partial charge in [0.2, 0.25) is 0 Å². The molecule has 0 radical (unpaired) electrons. The van der Waals surface area contributed by atoms with Crippen molar-refractivity contribution in [1.82, 2.24) is 5.32 Å². The van der Waals surface area contributed by atoms with Gasteiger partial charge in [-0.05, 0) is 41.4 Å². The molecule has 0 bridgehead atoms. The molecule has 5 heteroatoms. The van der Waals surface area contributed by atoms with Crippen molar-refractivity contribution in [2.24, 2.45) is 0 Å². The Labute approximate surface area is 102 Å². The number of rotatable bonds is 2. The van der Waals surface area contributed by atoms with E-state index in [4.69, 9.17) is 9.15 Å². The van der Waals surface area contributed by atoms with Crippen molar-refractivity contribution in [2.45, 2.75) is 24.8 Å². The van der Waals surface area contributed by atoms with Crippen molar-refractivity contribution >= 4 is 21.9 Å². The van der Waals surface area contributed by atoms with E-state index in [-0.39, 0.29) is 11.9 Å². The zero-order valence-electron chi connectivity index (χ0n) is 9.25. The molecule has 1 saturated heterocycles. The molecule has 16 heavy (non-hydrogen) atoms. The quantitative estimate of drug-likeness (QED) is 0.846. The first-order valence-corrected chi connectivity index (χ1v) is 5.93. The highest BCUT2D eigenvalue weighted by atomic mass is 79.9. The molecule has 1 aromatic heterocycles. The van der Waals surface area contributed by atoms with Gasteiger partial charge < -0.3 is 14.5 Å². The molecule has 2 unspecified atom stereocenters.